The van der Waals surface area contributed by atoms with Gasteiger partial charge < -0.3 is 20.7 Å². The van der Waals surface area contributed by atoms with Gasteiger partial charge in [0.25, 0.3) is 5.91 Å². The van der Waals surface area contributed by atoms with E-state index in [1.165, 1.54) is 0 Å². The summed E-state index contributed by atoms with van der Waals surface area (Å²) >= 11 is 0. The molecule has 0 bridgehead atoms. The number of para-hydroxylation sites is 1. The zero-order valence-electron chi connectivity index (χ0n) is 14.9. The van der Waals surface area contributed by atoms with Crippen molar-refractivity contribution in [1.29, 1.82) is 0 Å². The normalized spacial score (nSPS) is 10.3. The van der Waals surface area contributed by atoms with Gasteiger partial charge in [-0.25, -0.2) is 4.79 Å². The van der Waals surface area contributed by atoms with E-state index in [-0.39, 0.29) is 18.5 Å². The van der Waals surface area contributed by atoms with Crippen molar-refractivity contribution < 1.29 is 14.3 Å². The van der Waals surface area contributed by atoms with Crippen LogP contribution in [0.3, 0.4) is 0 Å². The molecule has 1 aromatic heterocycles. The SMILES string of the molecule is CCNC(=O)COc1ccc(NC(=O)Nc2cccc3cccnc23)cc1. The van der Waals surface area contributed by atoms with Crippen LogP contribution in [0.1, 0.15) is 6.92 Å². The molecule has 0 aliphatic carbocycles. The van der Waals surface area contributed by atoms with Gasteiger partial charge in [0.2, 0.25) is 0 Å². The Labute approximate surface area is 156 Å². The fourth-order valence-corrected chi connectivity index (χ4v) is 2.52. The molecule has 0 aliphatic rings. The highest BCUT2D eigenvalue weighted by Crippen LogP contribution is 2.21. The Balaban J connectivity index is 1.58. The molecule has 2 aromatic carbocycles. The molecular formula is C20H20N4O3. The van der Waals surface area contributed by atoms with Crippen LogP contribution in [0.5, 0.6) is 5.75 Å². The summed E-state index contributed by atoms with van der Waals surface area (Å²) in [6.45, 7) is 2.36. The van der Waals surface area contributed by atoms with E-state index in [2.05, 4.69) is 20.9 Å². The summed E-state index contributed by atoms with van der Waals surface area (Å²) < 4.78 is 5.38. The van der Waals surface area contributed by atoms with Crippen molar-refractivity contribution in [2.45, 2.75) is 6.92 Å². The Hall–Kier alpha value is -3.61. The Kier molecular flexibility index (Phi) is 5.84. The van der Waals surface area contributed by atoms with Crippen LogP contribution >= 0.6 is 0 Å². The first-order valence-corrected chi connectivity index (χ1v) is 8.57. The fraction of sp³-hybridized carbons (Fsp3) is 0.150. The standard InChI is InChI=1S/C20H20N4O3/c1-2-21-18(25)13-27-16-10-8-15(9-11-16)23-20(26)24-17-7-3-5-14-6-4-12-22-19(14)17/h3-12H,2,13H2,1H3,(H,21,25)(H2,23,24,26). The third kappa shape index (κ3) is 4.94. The lowest BCUT2D eigenvalue weighted by Gasteiger charge is -2.10. The molecule has 7 nitrogen and oxygen atoms in total. The number of carbonyl (C=O) groups excluding carboxylic acids is 2. The molecule has 3 N–H and O–H groups in total. The highest BCUT2D eigenvalue weighted by molar-refractivity contribution is 6.04. The number of carbonyl (C=O) groups is 2. The molecule has 0 radical (unpaired) electrons. The Bertz CT molecular complexity index is 936. The van der Waals surface area contributed by atoms with Crippen LogP contribution in [-0.2, 0) is 4.79 Å². The van der Waals surface area contributed by atoms with Gasteiger partial charge in [-0.2, -0.15) is 0 Å². The van der Waals surface area contributed by atoms with Gasteiger partial charge in [0.1, 0.15) is 5.75 Å². The third-order valence-electron chi connectivity index (χ3n) is 3.74. The number of likely N-dealkylation sites (N-methyl/N-ethyl adjacent to an activating group) is 1. The van der Waals surface area contributed by atoms with Crippen molar-refractivity contribution in [3.63, 3.8) is 0 Å². The Morgan fingerprint density at radius 2 is 1.78 bits per heavy atom. The van der Waals surface area contributed by atoms with E-state index in [1.807, 2.05) is 31.2 Å². The quantitative estimate of drug-likeness (QED) is 0.625. The second-order valence-corrected chi connectivity index (χ2v) is 5.73. The van der Waals surface area contributed by atoms with Crippen LogP contribution in [0.15, 0.2) is 60.8 Å². The number of aromatic nitrogens is 1. The lowest BCUT2D eigenvalue weighted by Crippen LogP contribution is -2.28. The van der Waals surface area contributed by atoms with Crippen molar-refractivity contribution in [3.8, 4) is 5.75 Å². The first-order valence-electron chi connectivity index (χ1n) is 8.57. The molecule has 27 heavy (non-hydrogen) atoms. The minimum Gasteiger partial charge on any atom is -0.484 e. The minimum absolute atomic E-state index is 0.0464. The molecule has 0 atom stereocenters. The number of benzene rings is 2. The van der Waals surface area contributed by atoms with Crippen LogP contribution in [0.25, 0.3) is 10.9 Å². The predicted octanol–water partition coefficient (Wildman–Crippen LogP) is 3.39. The maximum Gasteiger partial charge on any atom is 0.323 e. The first-order chi connectivity index (χ1) is 13.2. The first kappa shape index (κ1) is 18.2. The van der Waals surface area contributed by atoms with E-state index in [9.17, 15) is 9.59 Å². The largest absolute Gasteiger partial charge is 0.484 e. The Morgan fingerprint density at radius 3 is 2.56 bits per heavy atom. The van der Waals surface area contributed by atoms with Crippen molar-refractivity contribution in [1.82, 2.24) is 10.3 Å². The number of urea groups is 1. The minimum atomic E-state index is -0.371. The highest BCUT2D eigenvalue weighted by atomic mass is 16.5. The fourth-order valence-electron chi connectivity index (χ4n) is 2.52. The van der Waals surface area contributed by atoms with Gasteiger partial charge in [-0.3, -0.25) is 9.78 Å². The molecule has 3 aromatic rings. The maximum atomic E-state index is 12.3. The number of amides is 3. The number of hydrogen-bond donors (Lipinski definition) is 3. The van der Waals surface area contributed by atoms with Gasteiger partial charge in [-0.05, 0) is 43.3 Å². The molecule has 0 unspecified atom stereocenters. The second-order valence-electron chi connectivity index (χ2n) is 5.73. The summed E-state index contributed by atoms with van der Waals surface area (Å²) in [7, 11) is 0. The van der Waals surface area contributed by atoms with Crippen LogP contribution in [-0.4, -0.2) is 30.1 Å². The van der Waals surface area contributed by atoms with Gasteiger partial charge in [0, 0.05) is 23.8 Å². The zero-order valence-corrected chi connectivity index (χ0v) is 14.9. The number of nitrogens with zero attached hydrogens (tertiary/aromatic N) is 1. The van der Waals surface area contributed by atoms with Crippen molar-refractivity contribution in [2.24, 2.45) is 0 Å². The summed E-state index contributed by atoms with van der Waals surface area (Å²) in [5.41, 5.74) is 1.96. The van der Waals surface area contributed by atoms with Gasteiger partial charge in [0.05, 0.1) is 11.2 Å². The van der Waals surface area contributed by atoms with Crippen molar-refractivity contribution in [2.75, 3.05) is 23.8 Å². The number of rotatable bonds is 6. The lowest BCUT2D eigenvalue weighted by atomic mass is 10.2. The van der Waals surface area contributed by atoms with E-state index < -0.39 is 0 Å². The van der Waals surface area contributed by atoms with E-state index in [0.717, 1.165) is 10.9 Å². The molecule has 0 saturated heterocycles. The van der Waals surface area contributed by atoms with Gasteiger partial charge >= 0.3 is 6.03 Å². The lowest BCUT2D eigenvalue weighted by molar-refractivity contribution is -0.122. The molecule has 138 valence electrons. The van der Waals surface area contributed by atoms with Crippen LogP contribution in [0.2, 0.25) is 0 Å². The number of anilines is 2. The predicted molar refractivity (Wildman–Crippen MR) is 105 cm³/mol. The molecule has 0 spiro atoms. The van der Waals surface area contributed by atoms with E-state index in [4.69, 9.17) is 4.74 Å². The highest BCUT2D eigenvalue weighted by Gasteiger charge is 2.07. The van der Waals surface area contributed by atoms with Crippen LogP contribution in [0.4, 0.5) is 16.2 Å². The molecule has 0 fully saturated rings. The average molecular weight is 364 g/mol. The summed E-state index contributed by atoms with van der Waals surface area (Å²) in [4.78, 5) is 28.0. The van der Waals surface area contributed by atoms with Gasteiger partial charge in [0.15, 0.2) is 6.61 Å². The number of hydrogen-bond acceptors (Lipinski definition) is 4. The van der Waals surface area contributed by atoms with Gasteiger partial charge in [-0.15, -0.1) is 0 Å². The maximum absolute atomic E-state index is 12.3. The Morgan fingerprint density at radius 1 is 1.00 bits per heavy atom. The molecule has 3 amide bonds. The summed E-state index contributed by atoms with van der Waals surface area (Å²) in [5, 5.41) is 9.16. The van der Waals surface area contributed by atoms with Gasteiger partial charge in [-0.1, -0.05) is 18.2 Å². The number of nitrogens with one attached hydrogen (secondary N) is 3. The topological polar surface area (TPSA) is 92.4 Å². The summed E-state index contributed by atoms with van der Waals surface area (Å²) in [6, 6.07) is 15.8. The van der Waals surface area contributed by atoms with E-state index in [1.54, 1.807) is 36.5 Å². The number of fused-ring (bicyclic) bond motifs is 1. The average Bonchev–Trinajstić information content (AvgIpc) is 2.68. The van der Waals surface area contributed by atoms with Crippen LogP contribution < -0.4 is 20.7 Å². The summed E-state index contributed by atoms with van der Waals surface area (Å²) in [5.74, 6) is 0.369. The smallest absolute Gasteiger partial charge is 0.323 e. The molecule has 1 heterocycles. The zero-order chi connectivity index (χ0) is 19.1. The van der Waals surface area contributed by atoms with Crippen molar-refractivity contribution in [3.05, 3.63) is 60.8 Å². The third-order valence-corrected chi connectivity index (χ3v) is 3.74. The number of ether oxygens (including phenoxy) is 1. The molecular weight excluding hydrogens is 344 g/mol. The molecule has 3 rings (SSSR count). The summed E-state index contributed by atoms with van der Waals surface area (Å²) in [6.07, 6.45) is 1.69. The molecule has 7 heteroatoms. The van der Waals surface area contributed by atoms with Crippen LogP contribution in [0, 0.1) is 0 Å². The number of pyridine rings is 1. The second kappa shape index (κ2) is 8.66. The monoisotopic (exact) mass is 364 g/mol. The van der Waals surface area contributed by atoms with E-state index >= 15 is 0 Å². The molecule has 0 saturated carbocycles. The van der Waals surface area contributed by atoms with E-state index in [0.29, 0.717) is 23.7 Å². The molecule has 0 aliphatic heterocycles. The van der Waals surface area contributed by atoms with Crippen molar-refractivity contribution >= 4 is 34.2 Å².